The number of nitrogens with zero attached hydrogens (tertiary/aromatic N) is 2. The minimum atomic E-state index is -0.605. The van der Waals surface area contributed by atoms with Gasteiger partial charge in [0.2, 0.25) is 0 Å². The lowest BCUT2D eigenvalue weighted by atomic mass is 10.00. The number of piperidine rings is 1. The Bertz CT molecular complexity index is 912. The van der Waals surface area contributed by atoms with E-state index in [1.54, 1.807) is 19.2 Å². The number of methoxy groups -OCH3 is 1. The van der Waals surface area contributed by atoms with Crippen LogP contribution in [0.25, 0.3) is 0 Å². The lowest BCUT2D eigenvalue weighted by Crippen LogP contribution is -2.42. The smallest absolute Gasteiger partial charge is 0.251 e. The SMILES string of the molecule is COCCN1CCC(Oc2ccc(C(=O)NC[C@H](O)CN3CCc4ccccc4C3)cc2)CC1. The fourth-order valence-corrected chi connectivity index (χ4v) is 4.73. The molecule has 7 nitrogen and oxygen atoms in total. The van der Waals surface area contributed by atoms with Crippen molar-refractivity contribution in [3.63, 3.8) is 0 Å². The molecule has 1 saturated heterocycles. The van der Waals surface area contributed by atoms with Gasteiger partial charge in [-0.1, -0.05) is 24.3 Å². The van der Waals surface area contributed by atoms with Crippen LogP contribution in [0.3, 0.4) is 0 Å². The third-order valence-electron chi connectivity index (χ3n) is 6.74. The van der Waals surface area contributed by atoms with Crippen LogP contribution in [0.5, 0.6) is 5.75 Å². The minimum Gasteiger partial charge on any atom is -0.490 e. The topological polar surface area (TPSA) is 74.3 Å². The molecule has 2 aliphatic rings. The van der Waals surface area contributed by atoms with Crippen LogP contribution in [0, 0.1) is 0 Å². The van der Waals surface area contributed by atoms with E-state index in [1.165, 1.54) is 11.1 Å². The molecule has 34 heavy (non-hydrogen) atoms. The second-order valence-corrected chi connectivity index (χ2v) is 9.29. The summed E-state index contributed by atoms with van der Waals surface area (Å²) in [5.74, 6) is 0.610. The van der Waals surface area contributed by atoms with Crippen molar-refractivity contribution in [1.29, 1.82) is 0 Å². The average molecular weight is 468 g/mol. The third kappa shape index (κ3) is 7.03. The van der Waals surface area contributed by atoms with Gasteiger partial charge in [0.25, 0.3) is 5.91 Å². The summed E-state index contributed by atoms with van der Waals surface area (Å²) in [4.78, 5) is 17.2. The first-order valence-electron chi connectivity index (χ1n) is 12.3. The average Bonchev–Trinajstić information content (AvgIpc) is 2.87. The van der Waals surface area contributed by atoms with Gasteiger partial charge in [0.15, 0.2) is 0 Å². The molecule has 2 N–H and O–H groups in total. The second-order valence-electron chi connectivity index (χ2n) is 9.29. The highest BCUT2D eigenvalue weighted by atomic mass is 16.5. The number of nitrogens with one attached hydrogen (secondary N) is 1. The van der Waals surface area contributed by atoms with Crippen LogP contribution in [0.2, 0.25) is 0 Å². The van der Waals surface area contributed by atoms with Gasteiger partial charge in [-0.3, -0.25) is 9.69 Å². The molecule has 1 amide bonds. The van der Waals surface area contributed by atoms with Crippen molar-refractivity contribution in [3.05, 3.63) is 65.2 Å². The van der Waals surface area contributed by atoms with E-state index in [-0.39, 0.29) is 18.6 Å². The molecule has 2 aromatic carbocycles. The van der Waals surface area contributed by atoms with E-state index in [9.17, 15) is 9.90 Å². The summed E-state index contributed by atoms with van der Waals surface area (Å²) in [7, 11) is 1.73. The molecular weight excluding hydrogens is 430 g/mol. The number of hydrogen-bond donors (Lipinski definition) is 2. The second kappa shape index (κ2) is 12.3. The molecule has 0 saturated carbocycles. The van der Waals surface area contributed by atoms with Crippen LogP contribution in [0.1, 0.15) is 34.3 Å². The number of rotatable bonds is 10. The van der Waals surface area contributed by atoms with Gasteiger partial charge in [0.05, 0.1) is 12.7 Å². The van der Waals surface area contributed by atoms with Crippen molar-refractivity contribution in [1.82, 2.24) is 15.1 Å². The molecule has 4 rings (SSSR count). The third-order valence-corrected chi connectivity index (χ3v) is 6.74. The number of carbonyl (C=O) groups is 1. The van der Waals surface area contributed by atoms with Crippen molar-refractivity contribution >= 4 is 5.91 Å². The maximum atomic E-state index is 12.5. The maximum Gasteiger partial charge on any atom is 0.251 e. The van der Waals surface area contributed by atoms with Crippen LogP contribution >= 0.6 is 0 Å². The predicted molar refractivity (Wildman–Crippen MR) is 132 cm³/mol. The molecule has 0 bridgehead atoms. The van der Waals surface area contributed by atoms with Crippen LogP contribution in [-0.2, 0) is 17.7 Å². The van der Waals surface area contributed by atoms with E-state index < -0.39 is 6.10 Å². The van der Waals surface area contributed by atoms with E-state index >= 15 is 0 Å². The predicted octanol–water partition coefficient (Wildman–Crippen LogP) is 2.33. The van der Waals surface area contributed by atoms with Crippen LogP contribution in [0.15, 0.2) is 48.5 Å². The standard InChI is InChI=1S/C27H37N3O4/c1-33-17-16-29-14-11-26(12-15-29)34-25-8-6-22(7-9-25)27(32)28-18-24(31)20-30-13-10-21-4-2-3-5-23(21)19-30/h2-9,24,26,31H,10-20H2,1H3,(H,28,32)/t24-/m0/s1. The molecule has 7 heteroatoms. The first kappa shape index (κ1) is 24.7. The quantitative estimate of drug-likeness (QED) is 0.559. The largest absolute Gasteiger partial charge is 0.490 e. The summed E-state index contributed by atoms with van der Waals surface area (Å²) >= 11 is 0. The normalized spacial score (nSPS) is 18.3. The van der Waals surface area contributed by atoms with Gasteiger partial charge >= 0.3 is 0 Å². The number of ether oxygens (including phenoxy) is 2. The van der Waals surface area contributed by atoms with E-state index in [2.05, 4.69) is 39.4 Å². The molecule has 2 heterocycles. The van der Waals surface area contributed by atoms with Gasteiger partial charge in [0.1, 0.15) is 11.9 Å². The van der Waals surface area contributed by atoms with Crippen LogP contribution in [-0.4, -0.2) is 86.0 Å². The van der Waals surface area contributed by atoms with E-state index in [0.717, 1.165) is 64.3 Å². The number of aliphatic hydroxyl groups excluding tert-OH is 1. The Balaban J connectivity index is 1.17. The summed E-state index contributed by atoms with van der Waals surface area (Å²) in [6.07, 6.45) is 2.58. The molecule has 2 aliphatic heterocycles. The van der Waals surface area contributed by atoms with Gasteiger partial charge in [-0.2, -0.15) is 0 Å². The van der Waals surface area contributed by atoms with Crippen LogP contribution in [0.4, 0.5) is 0 Å². The summed E-state index contributed by atoms with van der Waals surface area (Å²) in [6.45, 7) is 6.31. The fraction of sp³-hybridized carbons (Fsp3) is 0.519. The van der Waals surface area contributed by atoms with E-state index in [4.69, 9.17) is 9.47 Å². The zero-order valence-corrected chi connectivity index (χ0v) is 20.1. The molecular formula is C27H37N3O4. The Morgan fingerprint density at radius 2 is 1.79 bits per heavy atom. The summed E-state index contributed by atoms with van der Waals surface area (Å²) in [5, 5.41) is 13.3. The van der Waals surface area contributed by atoms with Crippen molar-refractivity contribution < 1.29 is 19.4 Å². The van der Waals surface area contributed by atoms with Gasteiger partial charge in [-0.25, -0.2) is 0 Å². The Kier molecular flexibility index (Phi) is 8.93. The number of benzene rings is 2. The van der Waals surface area contributed by atoms with Gasteiger partial charge < -0.3 is 24.8 Å². The molecule has 0 spiro atoms. The number of likely N-dealkylation sites (tertiary alicyclic amines) is 1. The number of aliphatic hydroxyl groups is 1. The summed E-state index contributed by atoms with van der Waals surface area (Å²) < 4.78 is 11.3. The fourth-order valence-electron chi connectivity index (χ4n) is 4.73. The first-order chi connectivity index (χ1) is 16.6. The lowest BCUT2D eigenvalue weighted by Gasteiger charge is -2.31. The molecule has 0 aliphatic carbocycles. The number of carbonyl (C=O) groups excluding carboxylic acids is 1. The highest BCUT2D eigenvalue weighted by Gasteiger charge is 2.21. The van der Waals surface area contributed by atoms with E-state index in [0.29, 0.717) is 12.1 Å². The van der Waals surface area contributed by atoms with Gasteiger partial charge in [-0.15, -0.1) is 0 Å². The zero-order valence-electron chi connectivity index (χ0n) is 20.1. The van der Waals surface area contributed by atoms with Crippen molar-refractivity contribution in [2.45, 2.75) is 38.0 Å². The Labute approximate surface area is 202 Å². The molecule has 0 radical (unpaired) electrons. The van der Waals surface area contributed by atoms with Crippen molar-refractivity contribution in [2.75, 3.05) is 53.0 Å². The van der Waals surface area contributed by atoms with E-state index in [1.807, 2.05) is 12.1 Å². The van der Waals surface area contributed by atoms with Gasteiger partial charge in [-0.05, 0) is 54.7 Å². The molecule has 0 unspecified atom stereocenters. The van der Waals surface area contributed by atoms with Crippen LogP contribution < -0.4 is 10.1 Å². The number of amides is 1. The Hall–Kier alpha value is -2.45. The summed E-state index contributed by atoms with van der Waals surface area (Å²) in [5.41, 5.74) is 3.28. The molecule has 2 aromatic rings. The Morgan fingerprint density at radius 1 is 1.06 bits per heavy atom. The Morgan fingerprint density at radius 3 is 2.53 bits per heavy atom. The maximum absolute atomic E-state index is 12.5. The number of fused-ring (bicyclic) bond motifs is 1. The summed E-state index contributed by atoms with van der Waals surface area (Å²) in [6, 6.07) is 15.7. The molecule has 1 fully saturated rings. The monoisotopic (exact) mass is 467 g/mol. The first-order valence-corrected chi connectivity index (χ1v) is 12.3. The highest BCUT2D eigenvalue weighted by molar-refractivity contribution is 5.94. The lowest BCUT2D eigenvalue weighted by molar-refractivity contribution is 0.0796. The zero-order chi connectivity index (χ0) is 23.8. The minimum absolute atomic E-state index is 0.180. The molecule has 184 valence electrons. The molecule has 0 aromatic heterocycles. The van der Waals surface area contributed by atoms with Crippen molar-refractivity contribution in [3.8, 4) is 5.75 Å². The number of hydrogen-bond acceptors (Lipinski definition) is 6. The van der Waals surface area contributed by atoms with Gasteiger partial charge in [0, 0.05) is 58.5 Å². The van der Waals surface area contributed by atoms with Crippen molar-refractivity contribution in [2.24, 2.45) is 0 Å². The highest BCUT2D eigenvalue weighted by Crippen LogP contribution is 2.20. The number of β-amino-alcohol motifs (C(OH)–C–C–N with tert-alkyl or cyclic N) is 1. The molecule has 1 atom stereocenters.